The largest absolute Gasteiger partial charge is 0.344 e. The first kappa shape index (κ1) is 11.4. The Morgan fingerprint density at radius 2 is 2.17 bits per heavy atom. The van der Waals surface area contributed by atoms with Gasteiger partial charge in [-0.3, -0.25) is 15.6 Å². The number of carbonyl (C=O) groups excluding carboxylic acids is 1. The van der Waals surface area contributed by atoms with Gasteiger partial charge in [-0.05, 0) is 13.5 Å². The Hall–Kier alpha value is -0.610. The minimum Gasteiger partial charge on any atom is -0.344 e. The van der Waals surface area contributed by atoms with Crippen molar-refractivity contribution < 1.29 is 4.79 Å². The van der Waals surface area contributed by atoms with Crippen molar-refractivity contribution in [2.45, 2.75) is 19.8 Å². The van der Waals surface area contributed by atoms with E-state index in [2.05, 4.69) is 10.9 Å². The Morgan fingerprint density at radius 3 is 2.67 bits per heavy atom. The van der Waals surface area contributed by atoms with Crippen LogP contribution in [0.3, 0.4) is 0 Å². The van der Waals surface area contributed by atoms with Crippen LogP contribution >= 0.6 is 0 Å². The van der Waals surface area contributed by atoms with Crippen LogP contribution in [0.2, 0.25) is 0 Å². The normalized spacial score (nSPS) is 9.92. The van der Waals surface area contributed by atoms with E-state index < -0.39 is 0 Å². The Kier molecular flexibility index (Phi) is 6.70. The van der Waals surface area contributed by atoms with E-state index in [1.807, 2.05) is 21.0 Å². The van der Waals surface area contributed by atoms with Gasteiger partial charge in [0.25, 0.3) is 0 Å². The molecule has 0 heterocycles. The molecule has 4 nitrogen and oxygen atoms in total. The quantitative estimate of drug-likeness (QED) is 0.438. The fraction of sp³-hybridized carbons (Fsp3) is 0.875. The van der Waals surface area contributed by atoms with Crippen molar-refractivity contribution in [3.63, 3.8) is 0 Å². The summed E-state index contributed by atoms with van der Waals surface area (Å²) in [6.45, 7) is 3.54. The van der Waals surface area contributed by atoms with Crippen molar-refractivity contribution in [1.29, 1.82) is 0 Å². The van der Waals surface area contributed by atoms with E-state index in [9.17, 15) is 4.79 Å². The van der Waals surface area contributed by atoms with Gasteiger partial charge in [0.15, 0.2) is 0 Å². The summed E-state index contributed by atoms with van der Waals surface area (Å²) < 4.78 is 0. The summed E-state index contributed by atoms with van der Waals surface area (Å²) in [5, 5.41) is 0. The van der Waals surface area contributed by atoms with E-state index in [0.29, 0.717) is 6.42 Å². The summed E-state index contributed by atoms with van der Waals surface area (Å²) >= 11 is 0. The predicted molar refractivity (Wildman–Crippen MR) is 49.6 cm³/mol. The van der Waals surface area contributed by atoms with E-state index in [4.69, 9.17) is 0 Å². The van der Waals surface area contributed by atoms with Gasteiger partial charge in [-0.25, -0.2) is 0 Å². The SMILES string of the molecule is CCCC(=O)N(C)CCNNC. The zero-order valence-corrected chi connectivity index (χ0v) is 8.18. The van der Waals surface area contributed by atoms with Crippen molar-refractivity contribution in [2.75, 3.05) is 27.2 Å². The van der Waals surface area contributed by atoms with Gasteiger partial charge < -0.3 is 4.90 Å². The van der Waals surface area contributed by atoms with Crippen LogP contribution in [-0.2, 0) is 4.79 Å². The van der Waals surface area contributed by atoms with Crippen molar-refractivity contribution in [3.05, 3.63) is 0 Å². The number of hydrogen-bond acceptors (Lipinski definition) is 3. The van der Waals surface area contributed by atoms with Crippen LogP contribution in [0.4, 0.5) is 0 Å². The second kappa shape index (κ2) is 7.06. The lowest BCUT2D eigenvalue weighted by atomic mass is 10.3. The number of amides is 1. The molecule has 0 saturated heterocycles. The lowest BCUT2D eigenvalue weighted by molar-refractivity contribution is -0.129. The Morgan fingerprint density at radius 1 is 1.50 bits per heavy atom. The number of hydrogen-bond donors (Lipinski definition) is 2. The van der Waals surface area contributed by atoms with E-state index in [1.54, 1.807) is 4.90 Å². The van der Waals surface area contributed by atoms with Gasteiger partial charge in [0.1, 0.15) is 0 Å². The molecule has 2 N–H and O–H groups in total. The van der Waals surface area contributed by atoms with Crippen LogP contribution in [0, 0.1) is 0 Å². The number of nitrogens with zero attached hydrogens (tertiary/aromatic N) is 1. The second-order valence-corrected chi connectivity index (χ2v) is 2.74. The summed E-state index contributed by atoms with van der Waals surface area (Å²) in [5.41, 5.74) is 5.74. The molecule has 0 bridgehead atoms. The fourth-order valence-electron chi connectivity index (χ4n) is 0.878. The molecule has 4 heteroatoms. The van der Waals surface area contributed by atoms with Crippen LogP contribution < -0.4 is 10.9 Å². The molecule has 0 aromatic carbocycles. The van der Waals surface area contributed by atoms with Gasteiger partial charge in [-0.15, -0.1) is 0 Å². The number of carbonyl (C=O) groups is 1. The van der Waals surface area contributed by atoms with Gasteiger partial charge in [0.2, 0.25) is 5.91 Å². The molecule has 0 rings (SSSR count). The van der Waals surface area contributed by atoms with Crippen molar-refractivity contribution in [2.24, 2.45) is 0 Å². The maximum absolute atomic E-state index is 11.2. The highest BCUT2D eigenvalue weighted by atomic mass is 16.2. The number of likely N-dealkylation sites (N-methyl/N-ethyl adjacent to an activating group) is 1. The molecule has 12 heavy (non-hydrogen) atoms. The maximum Gasteiger partial charge on any atom is 0.222 e. The van der Waals surface area contributed by atoms with Gasteiger partial charge >= 0.3 is 0 Å². The van der Waals surface area contributed by atoms with Crippen LogP contribution in [0.25, 0.3) is 0 Å². The molecular weight excluding hydrogens is 154 g/mol. The van der Waals surface area contributed by atoms with E-state index in [0.717, 1.165) is 19.5 Å². The van der Waals surface area contributed by atoms with Crippen LogP contribution in [0.5, 0.6) is 0 Å². The summed E-state index contributed by atoms with van der Waals surface area (Å²) in [5.74, 6) is 0.218. The van der Waals surface area contributed by atoms with Crippen LogP contribution in [0.1, 0.15) is 19.8 Å². The van der Waals surface area contributed by atoms with E-state index in [1.165, 1.54) is 0 Å². The molecule has 0 atom stereocenters. The Labute approximate surface area is 74.3 Å². The van der Waals surface area contributed by atoms with Gasteiger partial charge in [-0.2, -0.15) is 0 Å². The number of rotatable bonds is 6. The third-order valence-corrected chi connectivity index (χ3v) is 1.64. The molecule has 0 aliphatic rings. The van der Waals surface area contributed by atoms with Crippen molar-refractivity contribution in [3.8, 4) is 0 Å². The predicted octanol–water partition coefficient (Wildman–Crippen LogP) is -0.0311. The molecule has 0 aliphatic carbocycles. The third kappa shape index (κ3) is 5.09. The first-order valence-corrected chi connectivity index (χ1v) is 4.36. The molecule has 0 saturated carbocycles. The van der Waals surface area contributed by atoms with Crippen LogP contribution in [0.15, 0.2) is 0 Å². The zero-order chi connectivity index (χ0) is 9.40. The minimum absolute atomic E-state index is 0.218. The van der Waals surface area contributed by atoms with E-state index in [-0.39, 0.29) is 5.91 Å². The standard InChI is InChI=1S/C8H19N3O/c1-4-5-8(12)11(3)7-6-10-9-2/h9-10H,4-7H2,1-3H3. The lowest BCUT2D eigenvalue weighted by Crippen LogP contribution is -2.37. The molecular formula is C8H19N3O. The summed E-state index contributed by atoms with van der Waals surface area (Å²) in [4.78, 5) is 13.0. The van der Waals surface area contributed by atoms with Gasteiger partial charge in [0.05, 0.1) is 0 Å². The van der Waals surface area contributed by atoms with Crippen LogP contribution in [-0.4, -0.2) is 38.0 Å². The summed E-state index contributed by atoms with van der Waals surface area (Å²) in [6.07, 6.45) is 1.57. The Bertz CT molecular complexity index is 127. The highest BCUT2D eigenvalue weighted by Crippen LogP contribution is 1.92. The molecule has 0 aromatic rings. The molecule has 0 radical (unpaired) electrons. The highest BCUT2D eigenvalue weighted by molar-refractivity contribution is 5.75. The highest BCUT2D eigenvalue weighted by Gasteiger charge is 2.05. The summed E-state index contributed by atoms with van der Waals surface area (Å²) in [7, 11) is 3.64. The average molecular weight is 173 g/mol. The second-order valence-electron chi connectivity index (χ2n) is 2.74. The molecule has 0 fully saturated rings. The fourth-order valence-corrected chi connectivity index (χ4v) is 0.878. The minimum atomic E-state index is 0.218. The number of nitrogens with one attached hydrogen (secondary N) is 2. The zero-order valence-electron chi connectivity index (χ0n) is 8.18. The van der Waals surface area contributed by atoms with E-state index >= 15 is 0 Å². The van der Waals surface area contributed by atoms with Gasteiger partial charge in [0, 0.05) is 26.6 Å². The first-order chi connectivity index (χ1) is 5.72. The smallest absolute Gasteiger partial charge is 0.222 e. The molecule has 72 valence electrons. The monoisotopic (exact) mass is 173 g/mol. The molecule has 0 aliphatic heterocycles. The molecule has 0 aromatic heterocycles. The average Bonchev–Trinajstić information content (AvgIpc) is 2.05. The molecule has 1 amide bonds. The lowest BCUT2D eigenvalue weighted by Gasteiger charge is -2.16. The molecule has 0 unspecified atom stereocenters. The maximum atomic E-state index is 11.2. The Balaban J connectivity index is 3.42. The van der Waals surface area contributed by atoms with Crippen molar-refractivity contribution >= 4 is 5.91 Å². The van der Waals surface area contributed by atoms with Gasteiger partial charge in [-0.1, -0.05) is 6.92 Å². The summed E-state index contributed by atoms with van der Waals surface area (Å²) in [6, 6.07) is 0. The number of hydrazine groups is 1. The third-order valence-electron chi connectivity index (χ3n) is 1.64. The first-order valence-electron chi connectivity index (χ1n) is 4.36. The molecule has 0 spiro atoms. The topological polar surface area (TPSA) is 44.4 Å². The van der Waals surface area contributed by atoms with Crippen molar-refractivity contribution in [1.82, 2.24) is 15.8 Å².